The van der Waals surface area contributed by atoms with Crippen LogP contribution in [0.15, 0.2) is 42.7 Å². The van der Waals surface area contributed by atoms with Crippen LogP contribution in [0.1, 0.15) is 5.56 Å². The van der Waals surface area contributed by atoms with E-state index in [2.05, 4.69) is 29.8 Å². The Hall–Kier alpha value is -2.88. The predicted octanol–water partition coefficient (Wildman–Crippen LogP) is 2.35. The van der Waals surface area contributed by atoms with Crippen LogP contribution in [0.3, 0.4) is 0 Å². The van der Waals surface area contributed by atoms with Crippen LogP contribution in [0.2, 0.25) is 0 Å². The van der Waals surface area contributed by atoms with E-state index in [9.17, 15) is 13.2 Å². The fourth-order valence-electron chi connectivity index (χ4n) is 3.08. The number of aromatic nitrogens is 4. The monoisotopic (exact) mass is 378 g/mol. The molecule has 3 heterocycles. The Morgan fingerprint density at radius 2 is 1.70 bits per heavy atom. The van der Waals surface area contributed by atoms with Gasteiger partial charge in [-0.25, -0.2) is 0 Å². The molecule has 142 valence electrons. The molecule has 0 amide bonds. The van der Waals surface area contributed by atoms with E-state index >= 15 is 0 Å². The summed E-state index contributed by atoms with van der Waals surface area (Å²) in [7, 11) is 0. The Morgan fingerprint density at radius 1 is 0.963 bits per heavy atom. The summed E-state index contributed by atoms with van der Waals surface area (Å²) in [4.78, 5) is 4.45. The van der Waals surface area contributed by atoms with E-state index in [0.717, 1.165) is 37.6 Å². The van der Waals surface area contributed by atoms with Crippen molar-refractivity contribution < 1.29 is 17.9 Å². The van der Waals surface area contributed by atoms with Crippen molar-refractivity contribution in [3.63, 3.8) is 0 Å². The third-order valence-electron chi connectivity index (χ3n) is 4.41. The first-order chi connectivity index (χ1) is 13.0. The quantitative estimate of drug-likeness (QED) is 0.695. The molecule has 1 aliphatic rings. The maximum absolute atomic E-state index is 12.2. The Kier molecular flexibility index (Phi) is 4.56. The summed E-state index contributed by atoms with van der Waals surface area (Å²) in [6.45, 7) is 3.98. The second-order valence-electron chi connectivity index (χ2n) is 6.28. The molecule has 0 N–H and O–H groups in total. The lowest BCUT2D eigenvalue weighted by molar-refractivity contribution is -0.274. The molecule has 0 saturated carbocycles. The van der Waals surface area contributed by atoms with Gasteiger partial charge in [-0.15, -0.1) is 28.5 Å². The Bertz CT molecular complexity index is 903. The molecule has 1 aliphatic heterocycles. The zero-order chi connectivity index (χ0) is 18.9. The zero-order valence-corrected chi connectivity index (χ0v) is 14.3. The number of halogens is 3. The number of benzene rings is 1. The minimum Gasteiger partial charge on any atom is -0.406 e. The maximum atomic E-state index is 12.2. The maximum Gasteiger partial charge on any atom is 0.573 e. The minimum atomic E-state index is -4.67. The second-order valence-corrected chi connectivity index (χ2v) is 6.28. The van der Waals surface area contributed by atoms with Crippen LogP contribution in [0.4, 0.5) is 19.0 Å². The molecule has 0 atom stereocenters. The standard InChI is InChI=1S/C17H17F3N6O/c18-17(19,20)27-14-3-1-13(2-4-14)11-24-7-9-25(10-8-24)16-6-5-15-22-21-12-26(15)23-16/h1-6,12H,7-11H2. The van der Waals surface area contributed by atoms with E-state index in [1.165, 1.54) is 12.1 Å². The summed E-state index contributed by atoms with van der Waals surface area (Å²) >= 11 is 0. The van der Waals surface area contributed by atoms with Crippen molar-refractivity contribution in [1.29, 1.82) is 0 Å². The Morgan fingerprint density at radius 3 is 2.41 bits per heavy atom. The largest absolute Gasteiger partial charge is 0.573 e. The highest BCUT2D eigenvalue weighted by Crippen LogP contribution is 2.23. The van der Waals surface area contributed by atoms with Crippen LogP contribution < -0.4 is 9.64 Å². The molecule has 7 nitrogen and oxygen atoms in total. The van der Waals surface area contributed by atoms with Crippen LogP contribution in [-0.4, -0.2) is 57.3 Å². The first-order valence-electron chi connectivity index (χ1n) is 8.45. The number of piperazine rings is 1. The van der Waals surface area contributed by atoms with Gasteiger partial charge in [0, 0.05) is 32.7 Å². The molecule has 10 heteroatoms. The van der Waals surface area contributed by atoms with Crippen molar-refractivity contribution >= 4 is 11.5 Å². The van der Waals surface area contributed by atoms with Crippen molar-refractivity contribution in [2.24, 2.45) is 0 Å². The molecular weight excluding hydrogens is 361 g/mol. The molecule has 0 aliphatic carbocycles. The van der Waals surface area contributed by atoms with Crippen LogP contribution in [0.5, 0.6) is 5.75 Å². The van der Waals surface area contributed by atoms with Crippen molar-refractivity contribution in [2.45, 2.75) is 12.9 Å². The minimum absolute atomic E-state index is 0.202. The van der Waals surface area contributed by atoms with Gasteiger partial charge in [-0.2, -0.15) is 4.52 Å². The van der Waals surface area contributed by atoms with E-state index in [-0.39, 0.29) is 5.75 Å². The van der Waals surface area contributed by atoms with Gasteiger partial charge in [0.15, 0.2) is 5.65 Å². The molecule has 0 radical (unpaired) electrons. The predicted molar refractivity (Wildman–Crippen MR) is 91.4 cm³/mol. The third kappa shape index (κ3) is 4.27. The van der Waals surface area contributed by atoms with E-state index in [4.69, 9.17) is 0 Å². The average Bonchev–Trinajstić information content (AvgIpc) is 3.10. The molecule has 0 bridgehead atoms. The van der Waals surface area contributed by atoms with Gasteiger partial charge in [0.1, 0.15) is 17.9 Å². The lowest BCUT2D eigenvalue weighted by Crippen LogP contribution is -2.46. The molecule has 0 unspecified atom stereocenters. The van der Waals surface area contributed by atoms with Crippen molar-refractivity contribution in [3.8, 4) is 5.75 Å². The number of anilines is 1. The third-order valence-corrected chi connectivity index (χ3v) is 4.41. The van der Waals surface area contributed by atoms with Crippen LogP contribution in [-0.2, 0) is 6.54 Å². The zero-order valence-electron chi connectivity index (χ0n) is 14.3. The van der Waals surface area contributed by atoms with Gasteiger partial charge < -0.3 is 9.64 Å². The molecule has 1 fully saturated rings. The van der Waals surface area contributed by atoms with Crippen LogP contribution >= 0.6 is 0 Å². The average molecular weight is 378 g/mol. The van der Waals surface area contributed by atoms with Gasteiger partial charge in [0.25, 0.3) is 0 Å². The van der Waals surface area contributed by atoms with Crippen molar-refractivity contribution in [1.82, 2.24) is 24.7 Å². The fraction of sp³-hybridized carbons (Fsp3) is 0.353. The molecule has 4 rings (SSSR count). The molecule has 1 aromatic carbocycles. The first-order valence-corrected chi connectivity index (χ1v) is 8.45. The number of nitrogens with zero attached hydrogens (tertiary/aromatic N) is 6. The fourth-order valence-corrected chi connectivity index (χ4v) is 3.08. The highest BCUT2D eigenvalue weighted by molar-refractivity contribution is 5.45. The number of alkyl halides is 3. The van der Waals surface area contributed by atoms with Gasteiger partial charge in [-0.05, 0) is 29.8 Å². The van der Waals surface area contributed by atoms with Gasteiger partial charge in [0.2, 0.25) is 0 Å². The molecule has 1 saturated heterocycles. The Labute approximate surface area is 153 Å². The highest BCUT2D eigenvalue weighted by atomic mass is 19.4. The SMILES string of the molecule is FC(F)(F)Oc1ccc(CN2CCN(c3ccc4nncn4n3)CC2)cc1. The highest BCUT2D eigenvalue weighted by Gasteiger charge is 2.31. The molecule has 2 aromatic heterocycles. The number of hydrogen-bond acceptors (Lipinski definition) is 6. The van der Waals surface area contributed by atoms with Crippen molar-refractivity contribution in [2.75, 3.05) is 31.1 Å². The second kappa shape index (κ2) is 7.03. The molecule has 0 spiro atoms. The van der Waals surface area contributed by atoms with E-state index in [0.29, 0.717) is 12.2 Å². The Balaban J connectivity index is 1.32. The summed E-state index contributed by atoms with van der Waals surface area (Å²) in [5.74, 6) is 0.669. The lowest BCUT2D eigenvalue weighted by Gasteiger charge is -2.35. The van der Waals surface area contributed by atoms with Crippen LogP contribution in [0.25, 0.3) is 5.65 Å². The summed E-state index contributed by atoms with van der Waals surface area (Å²) < 4.78 is 42.2. The van der Waals surface area contributed by atoms with Gasteiger partial charge in [0.05, 0.1) is 0 Å². The number of rotatable bonds is 4. The smallest absolute Gasteiger partial charge is 0.406 e. The summed E-state index contributed by atoms with van der Waals surface area (Å²) in [6.07, 6.45) is -3.09. The molecule has 27 heavy (non-hydrogen) atoms. The normalized spacial score (nSPS) is 16.0. The summed E-state index contributed by atoms with van der Waals surface area (Å²) in [5.41, 5.74) is 1.65. The molecule has 3 aromatic rings. The van der Waals surface area contributed by atoms with E-state index in [1.807, 2.05) is 12.1 Å². The summed E-state index contributed by atoms with van der Waals surface area (Å²) in [6, 6.07) is 9.82. The van der Waals surface area contributed by atoms with Gasteiger partial charge in [-0.1, -0.05) is 12.1 Å². The number of fused-ring (bicyclic) bond motifs is 1. The number of ether oxygens (including phenoxy) is 1. The first kappa shape index (κ1) is 17.5. The number of hydrogen-bond donors (Lipinski definition) is 0. The van der Waals surface area contributed by atoms with E-state index < -0.39 is 6.36 Å². The summed E-state index contributed by atoms with van der Waals surface area (Å²) in [5, 5.41) is 12.3. The van der Waals surface area contributed by atoms with Crippen molar-refractivity contribution in [3.05, 3.63) is 48.3 Å². The topological polar surface area (TPSA) is 58.8 Å². The van der Waals surface area contributed by atoms with E-state index in [1.54, 1.807) is 23.0 Å². The van der Waals surface area contributed by atoms with Crippen LogP contribution in [0, 0.1) is 0 Å². The lowest BCUT2D eigenvalue weighted by atomic mass is 10.2. The van der Waals surface area contributed by atoms with Gasteiger partial charge >= 0.3 is 6.36 Å². The van der Waals surface area contributed by atoms with Gasteiger partial charge in [-0.3, -0.25) is 4.90 Å². The molecular formula is C17H17F3N6O.